The van der Waals surface area contributed by atoms with E-state index in [1.165, 1.54) is 10.9 Å². The van der Waals surface area contributed by atoms with Gasteiger partial charge < -0.3 is 4.98 Å². The molecule has 0 spiro atoms. The zero-order valence-electron chi connectivity index (χ0n) is 18.9. The zero-order chi connectivity index (χ0) is 22.6. The van der Waals surface area contributed by atoms with Crippen LogP contribution in [0.3, 0.4) is 0 Å². The highest BCUT2D eigenvalue weighted by Gasteiger charge is 2.39. The highest BCUT2D eigenvalue weighted by molar-refractivity contribution is 7.89. The van der Waals surface area contributed by atoms with Crippen molar-refractivity contribution in [3.05, 3.63) is 99.7 Å². The lowest BCUT2D eigenvalue weighted by atomic mass is 9.94. The van der Waals surface area contributed by atoms with E-state index in [0.29, 0.717) is 17.9 Å². The standard InChI is InChI=1S/C27H28N2O2S/c1-17-9-11-21(12-10-17)27-26-23(22-7-5-6-8-24(22)28-26)13-14-29(27)32(30,31)25-16-19(3)18(2)15-20(25)4/h5-12,15-16,27-28H,13-14H2,1-4H3/t27-/m1/s1. The van der Waals surface area contributed by atoms with Crippen LogP contribution in [0, 0.1) is 27.7 Å². The normalized spacial score (nSPS) is 16.9. The molecule has 0 amide bonds. The maximum atomic E-state index is 14.1. The Labute approximate surface area is 190 Å². The number of para-hydroxylation sites is 1. The average Bonchev–Trinajstić information content (AvgIpc) is 3.15. The highest BCUT2D eigenvalue weighted by Crippen LogP contribution is 2.41. The Morgan fingerprint density at radius 3 is 2.31 bits per heavy atom. The molecule has 1 aliphatic rings. The lowest BCUT2D eigenvalue weighted by Gasteiger charge is -2.35. The number of aryl methyl sites for hydroxylation is 4. The van der Waals surface area contributed by atoms with Gasteiger partial charge in [-0.1, -0.05) is 54.1 Å². The molecule has 0 saturated carbocycles. The third-order valence-corrected chi connectivity index (χ3v) is 8.77. The van der Waals surface area contributed by atoms with Crippen molar-refractivity contribution in [2.45, 2.75) is 45.1 Å². The first-order chi connectivity index (χ1) is 15.3. The molecule has 3 aromatic carbocycles. The van der Waals surface area contributed by atoms with Gasteiger partial charge >= 0.3 is 0 Å². The van der Waals surface area contributed by atoms with Crippen LogP contribution >= 0.6 is 0 Å². The Morgan fingerprint density at radius 2 is 1.56 bits per heavy atom. The number of benzene rings is 3. The minimum absolute atomic E-state index is 0.391. The number of fused-ring (bicyclic) bond motifs is 3. The fourth-order valence-corrected chi connectivity index (χ4v) is 6.78. The summed E-state index contributed by atoms with van der Waals surface area (Å²) < 4.78 is 29.8. The molecule has 0 fully saturated rings. The van der Waals surface area contributed by atoms with Gasteiger partial charge in [0.05, 0.1) is 10.9 Å². The predicted octanol–water partition coefficient (Wildman–Crippen LogP) is 5.74. The van der Waals surface area contributed by atoms with Gasteiger partial charge in [0, 0.05) is 23.1 Å². The Balaban J connectivity index is 1.72. The summed E-state index contributed by atoms with van der Waals surface area (Å²) in [7, 11) is -3.71. The van der Waals surface area contributed by atoms with Crippen LogP contribution in [0.1, 0.15) is 45.1 Å². The number of aromatic amines is 1. The second-order valence-corrected chi connectivity index (χ2v) is 10.8. The number of hydrogen-bond donors (Lipinski definition) is 1. The Morgan fingerprint density at radius 1 is 0.875 bits per heavy atom. The maximum Gasteiger partial charge on any atom is 0.244 e. The lowest BCUT2D eigenvalue weighted by molar-refractivity contribution is 0.340. The molecular formula is C27H28N2O2S. The molecule has 5 heteroatoms. The third-order valence-electron chi connectivity index (χ3n) is 6.76. The van der Waals surface area contributed by atoms with E-state index < -0.39 is 16.1 Å². The SMILES string of the molecule is Cc1ccc([C@@H]2c3[nH]c4ccccc4c3CCN2S(=O)(=O)c2cc(C)c(C)cc2C)cc1. The molecule has 0 unspecified atom stereocenters. The van der Waals surface area contributed by atoms with Gasteiger partial charge in [-0.2, -0.15) is 4.31 Å². The van der Waals surface area contributed by atoms with E-state index in [2.05, 4.69) is 41.4 Å². The van der Waals surface area contributed by atoms with E-state index in [1.54, 1.807) is 4.31 Å². The van der Waals surface area contributed by atoms with Crippen LogP contribution in [0.2, 0.25) is 0 Å². The van der Waals surface area contributed by atoms with Gasteiger partial charge in [0.15, 0.2) is 0 Å². The summed E-state index contributed by atoms with van der Waals surface area (Å²) in [6.45, 7) is 8.37. The first kappa shape index (κ1) is 21.0. The number of rotatable bonds is 3. The van der Waals surface area contributed by atoms with Gasteiger partial charge in [-0.15, -0.1) is 0 Å². The third kappa shape index (κ3) is 3.28. The molecule has 0 bridgehead atoms. The largest absolute Gasteiger partial charge is 0.357 e. The van der Waals surface area contributed by atoms with Crippen molar-refractivity contribution in [3.63, 3.8) is 0 Å². The van der Waals surface area contributed by atoms with Gasteiger partial charge in [0.25, 0.3) is 0 Å². The molecule has 1 aromatic heterocycles. The number of nitrogens with one attached hydrogen (secondary N) is 1. The summed E-state index contributed by atoms with van der Waals surface area (Å²) in [6, 6.07) is 19.9. The van der Waals surface area contributed by atoms with Crippen molar-refractivity contribution < 1.29 is 8.42 Å². The number of aromatic nitrogens is 1. The van der Waals surface area contributed by atoms with Gasteiger partial charge in [0.2, 0.25) is 10.0 Å². The van der Waals surface area contributed by atoms with Crippen molar-refractivity contribution in [2.75, 3.05) is 6.54 Å². The summed E-state index contributed by atoms with van der Waals surface area (Å²) in [6.07, 6.45) is 0.685. The molecule has 4 nitrogen and oxygen atoms in total. The highest BCUT2D eigenvalue weighted by atomic mass is 32.2. The summed E-state index contributed by atoms with van der Waals surface area (Å²) in [5.74, 6) is 0. The Bertz CT molecular complexity index is 1430. The van der Waals surface area contributed by atoms with Crippen LogP contribution in [-0.4, -0.2) is 24.3 Å². The molecule has 5 rings (SSSR count). The van der Waals surface area contributed by atoms with Crippen LogP contribution in [-0.2, 0) is 16.4 Å². The van der Waals surface area contributed by atoms with Crippen molar-refractivity contribution in [3.8, 4) is 0 Å². The summed E-state index contributed by atoms with van der Waals surface area (Å²) in [5, 5.41) is 1.18. The Kier molecular flexibility index (Phi) is 4.99. The molecule has 0 aliphatic carbocycles. The van der Waals surface area contributed by atoms with Crippen LogP contribution < -0.4 is 0 Å². The van der Waals surface area contributed by atoms with Gasteiger partial charge in [-0.05, 0) is 74.1 Å². The van der Waals surface area contributed by atoms with Crippen LogP contribution in [0.15, 0.2) is 65.6 Å². The fraction of sp³-hybridized carbons (Fsp3) is 0.259. The number of sulfonamides is 1. The number of hydrogen-bond acceptors (Lipinski definition) is 2. The molecule has 4 aromatic rings. The van der Waals surface area contributed by atoms with Gasteiger partial charge in [-0.25, -0.2) is 8.42 Å². The quantitative estimate of drug-likeness (QED) is 0.438. The molecule has 32 heavy (non-hydrogen) atoms. The average molecular weight is 445 g/mol. The van der Waals surface area contributed by atoms with Crippen LogP contribution in [0.5, 0.6) is 0 Å². The summed E-state index contributed by atoms with van der Waals surface area (Å²) in [4.78, 5) is 3.96. The minimum atomic E-state index is -3.71. The second kappa shape index (κ2) is 7.61. The van der Waals surface area contributed by atoms with Crippen LogP contribution in [0.25, 0.3) is 10.9 Å². The number of H-pyrrole nitrogens is 1. The Hall–Kier alpha value is -2.89. The second-order valence-electron chi connectivity index (χ2n) is 8.94. The topological polar surface area (TPSA) is 53.2 Å². The van der Waals surface area contributed by atoms with E-state index >= 15 is 0 Å². The molecule has 2 heterocycles. The molecule has 1 atom stereocenters. The fourth-order valence-electron chi connectivity index (χ4n) is 4.90. The minimum Gasteiger partial charge on any atom is -0.357 e. The van der Waals surface area contributed by atoms with E-state index in [4.69, 9.17) is 0 Å². The van der Waals surface area contributed by atoms with Crippen molar-refractivity contribution in [2.24, 2.45) is 0 Å². The molecular weight excluding hydrogens is 416 g/mol. The monoisotopic (exact) mass is 444 g/mol. The molecule has 0 saturated heterocycles. The predicted molar refractivity (Wildman–Crippen MR) is 130 cm³/mol. The summed E-state index contributed by atoms with van der Waals surface area (Å²) >= 11 is 0. The zero-order valence-corrected chi connectivity index (χ0v) is 19.8. The molecule has 1 N–H and O–H groups in total. The van der Waals surface area contributed by atoms with E-state index in [1.807, 2.05) is 52.0 Å². The maximum absolute atomic E-state index is 14.1. The smallest absolute Gasteiger partial charge is 0.244 e. The van der Waals surface area contributed by atoms with Crippen molar-refractivity contribution in [1.82, 2.24) is 9.29 Å². The molecule has 0 radical (unpaired) electrons. The molecule has 1 aliphatic heterocycles. The van der Waals surface area contributed by atoms with E-state index in [9.17, 15) is 8.42 Å². The summed E-state index contributed by atoms with van der Waals surface area (Å²) in [5.41, 5.74) is 8.27. The van der Waals surface area contributed by atoms with Gasteiger partial charge in [-0.3, -0.25) is 0 Å². The molecule has 164 valence electrons. The van der Waals surface area contributed by atoms with Crippen LogP contribution in [0.4, 0.5) is 0 Å². The van der Waals surface area contributed by atoms with Gasteiger partial charge in [0.1, 0.15) is 0 Å². The van der Waals surface area contributed by atoms with E-state index in [-0.39, 0.29) is 0 Å². The first-order valence-electron chi connectivity index (χ1n) is 11.0. The first-order valence-corrected chi connectivity index (χ1v) is 12.5. The van der Waals surface area contributed by atoms with E-state index in [0.717, 1.165) is 39.0 Å². The van der Waals surface area contributed by atoms with Crippen molar-refractivity contribution in [1.29, 1.82) is 0 Å². The lowest BCUT2D eigenvalue weighted by Crippen LogP contribution is -2.40. The number of nitrogens with zero attached hydrogens (tertiary/aromatic N) is 1. The van der Waals surface area contributed by atoms with Crippen molar-refractivity contribution >= 4 is 20.9 Å².